The van der Waals surface area contributed by atoms with Gasteiger partial charge in [0.05, 0.1) is 16.8 Å². The van der Waals surface area contributed by atoms with Crippen LogP contribution in [0.1, 0.15) is 27.7 Å². The topological polar surface area (TPSA) is 57.4 Å². The monoisotopic (exact) mass is 322 g/mol. The lowest BCUT2D eigenvalue weighted by molar-refractivity contribution is 0.00578. The first-order valence-corrected chi connectivity index (χ1v) is 8.02. The number of nitrogens with zero attached hydrogens (tertiary/aromatic N) is 2. The van der Waals surface area contributed by atoms with Gasteiger partial charge in [0, 0.05) is 17.9 Å². The molecule has 3 aromatic rings. The summed E-state index contributed by atoms with van der Waals surface area (Å²) in [5, 5.41) is 0. The molecule has 1 aliphatic rings. The lowest BCUT2D eigenvalue weighted by atomic mass is 9.80. The number of fused-ring (bicyclic) bond motifs is 1. The molecular weight excluding hydrogens is 303 g/mol. The summed E-state index contributed by atoms with van der Waals surface area (Å²) >= 11 is 0. The van der Waals surface area contributed by atoms with E-state index in [-0.39, 0.29) is 11.2 Å². The van der Waals surface area contributed by atoms with E-state index in [4.69, 9.17) is 13.7 Å². The maximum atomic E-state index is 6.09. The minimum Gasteiger partial charge on any atom is -0.436 e. The Morgan fingerprint density at radius 1 is 0.958 bits per heavy atom. The number of benzene rings is 1. The lowest BCUT2D eigenvalue weighted by Gasteiger charge is -2.32. The van der Waals surface area contributed by atoms with Crippen LogP contribution < -0.4 is 5.46 Å². The van der Waals surface area contributed by atoms with Gasteiger partial charge in [-0.25, -0.2) is 4.98 Å². The zero-order valence-corrected chi connectivity index (χ0v) is 14.2. The van der Waals surface area contributed by atoms with Gasteiger partial charge in [0.15, 0.2) is 5.58 Å². The molecule has 1 aromatic carbocycles. The molecule has 1 aliphatic heterocycles. The van der Waals surface area contributed by atoms with Gasteiger partial charge in [-0.15, -0.1) is 0 Å². The fourth-order valence-electron chi connectivity index (χ4n) is 2.68. The molecule has 3 heterocycles. The van der Waals surface area contributed by atoms with E-state index in [1.54, 1.807) is 12.4 Å². The van der Waals surface area contributed by atoms with E-state index in [0.717, 1.165) is 22.1 Å². The van der Waals surface area contributed by atoms with Crippen molar-refractivity contribution in [3.05, 3.63) is 42.7 Å². The second-order valence-electron chi connectivity index (χ2n) is 7.08. The Morgan fingerprint density at radius 2 is 1.67 bits per heavy atom. The number of hydrogen-bond donors (Lipinski definition) is 0. The van der Waals surface area contributed by atoms with Gasteiger partial charge in [-0.3, -0.25) is 4.98 Å². The summed E-state index contributed by atoms with van der Waals surface area (Å²) in [6.07, 6.45) is 3.49. The normalized spacial score (nSPS) is 19.1. The highest BCUT2D eigenvalue weighted by Gasteiger charge is 2.51. The largest absolute Gasteiger partial charge is 0.496 e. The van der Waals surface area contributed by atoms with E-state index in [2.05, 4.69) is 9.97 Å². The van der Waals surface area contributed by atoms with Crippen LogP contribution in [0.15, 0.2) is 47.1 Å². The van der Waals surface area contributed by atoms with Gasteiger partial charge in [0.25, 0.3) is 0 Å². The maximum absolute atomic E-state index is 6.09. The van der Waals surface area contributed by atoms with Gasteiger partial charge in [-0.1, -0.05) is 12.1 Å². The molecule has 4 rings (SSSR count). The Morgan fingerprint density at radius 3 is 2.38 bits per heavy atom. The van der Waals surface area contributed by atoms with Crippen molar-refractivity contribution in [3.8, 4) is 11.5 Å². The molecule has 0 saturated carbocycles. The van der Waals surface area contributed by atoms with Gasteiger partial charge in [-0.2, -0.15) is 0 Å². The Bertz CT molecular complexity index is 855. The van der Waals surface area contributed by atoms with Crippen molar-refractivity contribution in [2.24, 2.45) is 0 Å². The standard InChI is InChI=1S/C18H19BN2O3/c1-17(2)18(3,4)24-19(23-17)13-9-12(10-20-11-13)16-21-14-7-5-6-8-15(14)22-16/h5-11H,1-4H3. The summed E-state index contributed by atoms with van der Waals surface area (Å²) in [6, 6.07) is 9.65. The van der Waals surface area contributed by atoms with Crippen molar-refractivity contribution in [3.63, 3.8) is 0 Å². The number of aromatic nitrogens is 2. The third-order valence-electron chi connectivity index (χ3n) is 4.83. The van der Waals surface area contributed by atoms with Crippen LogP contribution in [0.2, 0.25) is 0 Å². The molecule has 122 valence electrons. The smallest absolute Gasteiger partial charge is 0.436 e. The van der Waals surface area contributed by atoms with Gasteiger partial charge in [-0.05, 0) is 45.9 Å². The summed E-state index contributed by atoms with van der Waals surface area (Å²) in [5.74, 6) is 0.544. The first-order chi connectivity index (χ1) is 11.4. The van der Waals surface area contributed by atoms with Crippen LogP contribution in [0.3, 0.4) is 0 Å². The zero-order valence-electron chi connectivity index (χ0n) is 14.2. The third kappa shape index (κ3) is 2.42. The van der Waals surface area contributed by atoms with Crippen molar-refractivity contribution in [2.75, 3.05) is 0 Å². The third-order valence-corrected chi connectivity index (χ3v) is 4.83. The number of pyridine rings is 1. The molecule has 1 fully saturated rings. The summed E-state index contributed by atoms with van der Waals surface area (Å²) in [4.78, 5) is 8.83. The molecule has 0 aliphatic carbocycles. The number of hydrogen-bond acceptors (Lipinski definition) is 5. The van der Waals surface area contributed by atoms with Gasteiger partial charge in [0.1, 0.15) is 5.52 Å². The second kappa shape index (κ2) is 5.16. The second-order valence-corrected chi connectivity index (χ2v) is 7.08. The van der Waals surface area contributed by atoms with E-state index in [1.807, 2.05) is 58.0 Å². The molecule has 0 bridgehead atoms. The van der Waals surface area contributed by atoms with Gasteiger partial charge >= 0.3 is 7.12 Å². The number of rotatable bonds is 2. The molecule has 24 heavy (non-hydrogen) atoms. The van der Waals surface area contributed by atoms with Crippen molar-refractivity contribution < 1.29 is 13.7 Å². The van der Waals surface area contributed by atoms with Crippen LogP contribution in [0.5, 0.6) is 0 Å². The molecular formula is C18H19BN2O3. The fraction of sp³-hybridized carbons (Fsp3) is 0.333. The SMILES string of the molecule is CC1(C)OB(c2cncc(-c3nc4ccccc4o3)c2)OC1(C)C. The predicted molar refractivity (Wildman–Crippen MR) is 93.0 cm³/mol. The highest BCUT2D eigenvalue weighted by atomic mass is 16.7. The Balaban J connectivity index is 1.70. The highest BCUT2D eigenvalue weighted by molar-refractivity contribution is 6.62. The molecule has 5 nitrogen and oxygen atoms in total. The van der Waals surface area contributed by atoms with Gasteiger partial charge in [0.2, 0.25) is 5.89 Å². The molecule has 0 N–H and O–H groups in total. The van der Waals surface area contributed by atoms with Crippen molar-refractivity contribution in [1.29, 1.82) is 0 Å². The molecule has 0 unspecified atom stereocenters. The molecule has 6 heteroatoms. The first kappa shape index (κ1) is 15.4. The molecule has 0 atom stereocenters. The van der Waals surface area contributed by atoms with E-state index < -0.39 is 7.12 Å². The van der Waals surface area contributed by atoms with Crippen LogP contribution >= 0.6 is 0 Å². The van der Waals surface area contributed by atoms with Crippen LogP contribution in [0.4, 0.5) is 0 Å². The van der Waals surface area contributed by atoms with Crippen molar-refractivity contribution in [2.45, 2.75) is 38.9 Å². The maximum Gasteiger partial charge on any atom is 0.496 e. The Kier molecular flexibility index (Phi) is 3.30. The quantitative estimate of drug-likeness (QED) is 0.678. The molecule has 0 spiro atoms. The van der Waals surface area contributed by atoms with E-state index in [1.165, 1.54) is 0 Å². The number of oxazole rings is 1. The van der Waals surface area contributed by atoms with E-state index in [9.17, 15) is 0 Å². The number of para-hydroxylation sites is 2. The summed E-state index contributed by atoms with van der Waals surface area (Å²) in [5.41, 5.74) is 2.48. The molecule has 0 radical (unpaired) electrons. The fourth-order valence-corrected chi connectivity index (χ4v) is 2.68. The van der Waals surface area contributed by atoms with Crippen LogP contribution in [-0.2, 0) is 9.31 Å². The van der Waals surface area contributed by atoms with Crippen LogP contribution in [0.25, 0.3) is 22.6 Å². The van der Waals surface area contributed by atoms with Crippen LogP contribution in [0, 0.1) is 0 Å². The zero-order chi connectivity index (χ0) is 16.9. The molecule has 0 amide bonds. The summed E-state index contributed by atoms with van der Waals surface area (Å²) in [6.45, 7) is 8.13. The Hall–Kier alpha value is -2.18. The molecule has 2 aromatic heterocycles. The summed E-state index contributed by atoms with van der Waals surface area (Å²) < 4.78 is 18.0. The average molecular weight is 322 g/mol. The average Bonchev–Trinajstić information content (AvgIpc) is 3.06. The molecule has 1 saturated heterocycles. The van der Waals surface area contributed by atoms with Crippen molar-refractivity contribution in [1.82, 2.24) is 9.97 Å². The van der Waals surface area contributed by atoms with Crippen molar-refractivity contribution >= 4 is 23.7 Å². The van der Waals surface area contributed by atoms with Gasteiger partial charge < -0.3 is 13.7 Å². The first-order valence-electron chi connectivity index (χ1n) is 8.02. The minimum absolute atomic E-state index is 0.384. The van der Waals surface area contributed by atoms with Crippen LogP contribution in [-0.4, -0.2) is 28.3 Å². The predicted octanol–water partition coefficient (Wildman–Crippen LogP) is 3.19. The summed E-state index contributed by atoms with van der Waals surface area (Å²) in [7, 11) is -0.452. The van der Waals surface area contributed by atoms with E-state index in [0.29, 0.717) is 5.89 Å². The van der Waals surface area contributed by atoms with E-state index >= 15 is 0 Å². The lowest BCUT2D eigenvalue weighted by Crippen LogP contribution is -2.41. The minimum atomic E-state index is -0.452. The Labute approximate surface area is 141 Å². The highest BCUT2D eigenvalue weighted by Crippen LogP contribution is 2.36.